The molecule has 0 amide bonds. The Morgan fingerprint density at radius 1 is 0.935 bits per heavy atom. The fourth-order valence-electron chi connectivity index (χ4n) is 3.45. The van der Waals surface area contributed by atoms with E-state index in [-0.39, 0.29) is 5.56 Å². The molecule has 0 atom stereocenters. The molecule has 0 radical (unpaired) electrons. The van der Waals surface area contributed by atoms with Crippen molar-refractivity contribution in [2.24, 2.45) is 0 Å². The minimum Gasteiger partial charge on any atom is -0.490 e. The lowest BCUT2D eigenvalue weighted by molar-refractivity contribution is 0.217. The van der Waals surface area contributed by atoms with Crippen molar-refractivity contribution in [3.05, 3.63) is 98.8 Å². The lowest BCUT2D eigenvalue weighted by atomic mass is 10.2. The SMILES string of the molecule is Cc1cccc(OCCOc2ccc(/C=c3\sc4nc5ccccc5n4c3=O)cc2)c1. The van der Waals surface area contributed by atoms with Crippen LogP contribution in [0.15, 0.2) is 77.6 Å². The summed E-state index contributed by atoms with van der Waals surface area (Å²) in [5, 5.41) is 0. The van der Waals surface area contributed by atoms with Crippen molar-refractivity contribution in [1.29, 1.82) is 0 Å². The van der Waals surface area contributed by atoms with E-state index < -0.39 is 0 Å². The molecule has 0 saturated carbocycles. The number of thiazole rings is 1. The molecule has 0 unspecified atom stereocenters. The van der Waals surface area contributed by atoms with Gasteiger partial charge in [0.25, 0.3) is 5.56 Å². The van der Waals surface area contributed by atoms with Crippen LogP contribution in [0.4, 0.5) is 0 Å². The molecule has 31 heavy (non-hydrogen) atoms. The Bertz CT molecular complexity index is 1470. The Labute approximate surface area is 182 Å². The minimum atomic E-state index is -0.0395. The van der Waals surface area contributed by atoms with Crippen LogP contribution in [0.3, 0.4) is 0 Å². The highest BCUT2D eigenvalue weighted by Crippen LogP contribution is 2.17. The van der Waals surface area contributed by atoms with Gasteiger partial charge in [0.2, 0.25) is 0 Å². The van der Waals surface area contributed by atoms with E-state index in [1.165, 1.54) is 16.9 Å². The standard InChI is InChI=1S/C25H20N2O3S/c1-17-5-4-6-20(15-17)30-14-13-29-19-11-9-18(10-12-19)16-23-24(28)27-22-8-3-2-7-21(22)26-25(27)31-23/h2-12,15-16H,13-14H2,1H3/b23-16-. The maximum atomic E-state index is 12.9. The fraction of sp³-hybridized carbons (Fsp3) is 0.120. The van der Waals surface area contributed by atoms with Gasteiger partial charge in [-0.2, -0.15) is 0 Å². The summed E-state index contributed by atoms with van der Waals surface area (Å²) in [5.41, 5.74) is 3.75. The zero-order chi connectivity index (χ0) is 21.2. The first-order valence-corrected chi connectivity index (χ1v) is 10.8. The third-order valence-electron chi connectivity index (χ3n) is 4.93. The van der Waals surface area contributed by atoms with Gasteiger partial charge >= 0.3 is 0 Å². The van der Waals surface area contributed by atoms with Crippen molar-refractivity contribution in [1.82, 2.24) is 9.38 Å². The molecule has 0 aliphatic carbocycles. The quantitative estimate of drug-likeness (QED) is 0.380. The predicted octanol–water partition coefficient (Wildman–Crippen LogP) is 4.22. The van der Waals surface area contributed by atoms with Gasteiger partial charge in [-0.05, 0) is 60.5 Å². The van der Waals surface area contributed by atoms with Gasteiger partial charge in [0.15, 0.2) is 4.96 Å². The van der Waals surface area contributed by atoms with Crippen LogP contribution < -0.4 is 19.6 Å². The normalized spacial score (nSPS) is 12.0. The maximum Gasteiger partial charge on any atom is 0.274 e. The molecule has 5 rings (SSSR count). The molecule has 0 saturated heterocycles. The monoisotopic (exact) mass is 428 g/mol. The molecule has 2 aromatic heterocycles. The molecule has 0 fully saturated rings. The molecular weight excluding hydrogens is 408 g/mol. The zero-order valence-electron chi connectivity index (χ0n) is 16.9. The Morgan fingerprint density at radius 3 is 2.52 bits per heavy atom. The Kier molecular flexibility index (Phi) is 5.14. The molecule has 0 bridgehead atoms. The van der Waals surface area contributed by atoms with E-state index >= 15 is 0 Å². The molecule has 5 nitrogen and oxygen atoms in total. The highest BCUT2D eigenvalue weighted by Gasteiger charge is 2.10. The van der Waals surface area contributed by atoms with E-state index in [0.29, 0.717) is 22.7 Å². The van der Waals surface area contributed by atoms with Crippen molar-refractivity contribution < 1.29 is 9.47 Å². The summed E-state index contributed by atoms with van der Waals surface area (Å²) < 4.78 is 13.8. The second-order valence-electron chi connectivity index (χ2n) is 7.22. The smallest absolute Gasteiger partial charge is 0.274 e. The molecule has 6 heteroatoms. The topological polar surface area (TPSA) is 52.8 Å². The highest BCUT2D eigenvalue weighted by molar-refractivity contribution is 7.15. The largest absolute Gasteiger partial charge is 0.490 e. The predicted molar refractivity (Wildman–Crippen MR) is 124 cm³/mol. The molecule has 0 aliphatic rings. The van der Waals surface area contributed by atoms with Crippen LogP contribution in [0, 0.1) is 6.92 Å². The van der Waals surface area contributed by atoms with Crippen LogP contribution >= 0.6 is 11.3 Å². The average Bonchev–Trinajstić information content (AvgIpc) is 3.28. The van der Waals surface area contributed by atoms with Crippen LogP contribution in [-0.2, 0) is 0 Å². The van der Waals surface area contributed by atoms with Crippen molar-refractivity contribution in [2.45, 2.75) is 6.92 Å². The first kappa shape index (κ1) is 19.3. The highest BCUT2D eigenvalue weighted by atomic mass is 32.1. The number of aromatic nitrogens is 2. The van der Waals surface area contributed by atoms with Crippen molar-refractivity contribution in [2.75, 3.05) is 13.2 Å². The molecule has 5 aromatic rings. The van der Waals surface area contributed by atoms with Gasteiger partial charge < -0.3 is 9.47 Å². The van der Waals surface area contributed by atoms with Gasteiger partial charge in [-0.1, -0.05) is 47.7 Å². The van der Waals surface area contributed by atoms with E-state index in [1.54, 1.807) is 4.40 Å². The van der Waals surface area contributed by atoms with Gasteiger partial charge in [0.1, 0.15) is 24.7 Å². The summed E-state index contributed by atoms with van der Waals surface area (Å²) in [6.07, 6.45) is 1.89. The van der Waals surface area contributed by atoms with E-state index in [0.717, 1.165) is 28.1 Å². The lowest BCUT2D eigenvalue weighted by Gasteiger charge is -2.09. The number of hydrogen-bond acceptors (Lipinski definition) is 5. The summed E-state index contributed by atoms with van der Waals surface area (Å²) in [7, 11) is 0. The number of rotatable bonds is 6. The molecule has 0 aliphatic heterocycles. The number of aryl methyl sites for hydroxylation is 1. The Morgan fingerprint density at radius 2 is 1.71 bits per heavy atom. The molecule has 2 heterocycles. The second kappa shape index (κ2) is 8.24. The van der Waals surface area contributed by atoms with Crippen molar-refractivity contribution in [3.8, 4) is 11.5 Å². The molecule has 0 spiro atoms. The summed E-state index contributed by atoms with van der Waals surface area (Å²) in [6, 6.07) is 23.3. The van der Waals surface area contributed by atoms with Gasteiger partial charge in [-0.25, -0.2) is 9.38 Å². The summed E-state index contributed by atoms with van der Waals surface area (Å²) in [4.78, 5) is 18.1. The number of fused-ring (bicyclic) bond motifs is 3. The summed E-state index contributed by atoms with van der Waals surface area (Å²) in [6.45, 7) is 2.96. The molecule has 3 aromatic carbocycles. The van der Waals surface area contributed by atoms with Gasteiger partial charge in [-0.3, -0.25) is 4.79 Å². The Hall–Kier alpha value is -3.64. The van der Waals surface area contributed by atoms with Crippen LogP contribution in [-0.4, -0.2) is 22.6 Å². The van der Waals surface area contributed by atoms with E-state index in [9.17, 15) is 4.79 Å². The molecular formula is C25H20N2O3S. The molecule has 0 N–H and O–H groups in total. The average molecular weight is 429 g/mol. The van der Waals surface area contributed by atoms with E-state index in [1.807, 2.05) is 85.8 Å². The maximum absolute atomic E-state index is 12.9. The van der Waals surface area contributed by atoms with Crippen LogP contribution in [0.1, 0.15) is 11.1 Å². The van der Waals surface area contributed by atoms with Gasteiger partial charge in [0, 0.05) is 0 Å². The summed E-state index contributed by atoms with van der Waals surface area (Å²) >= 11 is 1.40. The number of nitrogens with zero attached hydrogens (tertiary/aromatic N) is 2. The lowest BCUT2D eigenvalue weighted by Crippen LogP contribution is -2.22. The zero-order valence-corrected chi connectivity index (χ0v) is 17.8. The van der Waals surface area contributed by atoms with Gasteiger partial charge in [-0.15, -0.1) is 0 Å². The fourth-order valence-corrected chi connectivity index (χ4v) is 4.43. The van der Waals surface area contributed by atoms with Crippen LogP contribution in [0.2, 0.25) is 0 Å². The van der Waals surface area contributed by atoms with Crippen molar-refractivity contribution >= 4 is 33.4 Å². The molecule has 154 valence electrons. The third kappa shape index (κ3) is 4.02. The van der Waals surface area contributed by atoms with Crippen LogP contribution in [0.25, 0.3) is 22.1 Å². The first-order valence-electron chi connectivity index (χ1n) is 10.0. The second-order valence-corrected chi connectivity index (χ2v) is 8.23. The van der Waals surface area contributed by atoms with Crippen molar-refractivity contribution in [3.63, 3.8) is 0 Å². The number of ether oxygens (including phenoxy) is 2. The number of imidazole rings is 1. The number of benzene rings is 3. The third-order valence-corrected chi connectivity index (χ3v) is 5.90. The number of para-hydroxylation sites is 2. The van der Waals surface area contributed by atoms with E-state index in [4.69, 9.17) is 9.47 Å². The minimum absolute atomic E-state index is 0.0395. The number of hydrogen-bond donors (Lipinski definition) is 0. The van der Waals surface area contributed by atoms with Gasteiger partial charge in [0.05, 0.1) is 15.6 Å². The first-order chi connectivity index (χ1) is 15.2. The van der Waals surface area contributed by atoms with E-state index in [2.05, 4.69) is 4.98 Å². The summed E-state index contributed by atoms with van der Waals surface area (Å²) in [5.74, 6) is 1.61. The Balaban J connectivity index is 1.27. The van der Waals surface area contributed by atoms with Crippen LogP contribution in [0.5, 0.6) is 11.5 Å².